The van der Waals surface area contributed by atoms with Gasteiger partial charge in [-0.3, -0.25) is 4.79 Å². The van der Waals surface area contributed by atoms with Crippen molar-refractivity contribution in [2.45, 2.75) is 20.3 Å². The van der Waals surface area contributed by atoms with Crippen LogP contribution in [0.3, 0.4) is 0 Å². The van der Waals surface area contributed by atoms with Crippen LogP contribution in [0, 0.1) is 5.82 Å². The Kier molecular flexibility index (Phi) is 5.27. The van der Waals surface area contributed by atoms with Crippen molar-refractivity contribution in [3.8, 4) is 16.3 Å². The van der Waals surface area contributed by atoms with E-state index in [2.05, 4.69) is 10.3 Å². The molecule has 0 fully saturated rings. The Hall–Kier alpha value is -1.95. The lowest BCUT2D eigenvalue weighted by atomic mass is 10.2. The number of nitrogens with zero attached hydrogens (tertiary/aromatic N) is 1. The molecule has 1 heterocycles. The van der Waals surface area contributed by atoms with Gasteiger partial charge in [0, 0.05) is 23.6 Å². The fourth-order valence-electron chi connectivity index (χ4n) is 1.73. The maximum absolute atomic E-state index is 14.1. The molecule has 0 spiro atoms. The number of amides is 1. The van der Waals surface area contributed by atoms with Crippen LogP contribution in [0.15, 0.2) is 23.6 Å². The molecular formula is C15H17FN2O2S. The minimum atomic E-state index is -0.402. The monoisotopic (exact) mass is 308 g/mol. The number of hydrogen-bond donors (Lipinski definition) is 1. The summed E-state index contributed by atoms with van der Waals surface area (Å²) in [5.74, 6) is -0.151. The van der Waals surface area contributed by atoms with Gasteiger partial charge in [-0.05, 0) is 25.5 Å². The number of thiazole rings is 1. The molecule has 0 aliphatic rings. The third-order valence-electron chi connectivity index (χ3n) is 2.72. The molecule has 1 aromatic carbocycles. The molecule has 0 atom stereocenters. The van der Waals surface area contributed by atoms with E-state index in [1.54, 1.807) is 17.5 Å². The molecule has 1 N–H and O–H groups in total. The van der Waals surface area contributed by atoms with E-state index in [1.807, 2.05) is 13.8 Å². The van der Waals surface area contributed by atoms with E-state index in [1.165, 1.54) is 17.4 Å². The number of carbonyl (C=O) groups excluding carboxylic acids is 1. The summed E-state index contributed by atoms with van der Waals surface area (Å²) in [6, 6.07) is 4.68. The molecule has 6 heteroatoms. The largest absolute Gasteiger partial charge is 0.494 e. The fourth-order valence-corrected chi connectivity index (χ4v) is 2.56. The number of rotatable bonds is 6. The van der Waals surface area contributed by atoms with Crippen LogP contribution in [0.4, 0.5) is 4.39 Å². The van der Waals surface area contributed by atoms with Crippen LogP contribution < -0.4 is 10.1 Å². The Morgan fingerprint density at radius 2 is 2.24 bits per heavy atom. The highest BCUT2D eigenvalue weighted by molar-refractivity contribution is 7.13. The number of benzene rings is 1. The number of carbonyl (C=O) groups is 1. The van der Waals surface area contributed by atoms with Crippen molar-refractivity contribution >= 4 is 17.2 Å². The molecule has 0 aliphatic carbocycles. The molecule has 0 bridgehead atoms. The van der Waals surface area contributed by atoms with Gasteiger partial charge in [0.1, 0.15) is 22.3 Å². The highest BCUT2D eigenvalue weighted by atomic mass is 32.1. The second-order valence-electron chi connectivity index (χ2n) is 4.39. The summed E-state index contributed by atoms with van der Waals surface area (Å²) in [6.45, 7) is 4.91. The lowest BCUT2D eigenvalue weighted by Crippen LogP contribution is -2.22. The minimum absolute atomic E-state index is 0.247. The third kappa shape index (κ3) is 3.78. The normalized spacial score (nSPS) is 10.4. The second kappa shape index (κ2) is 7.17. The van der Waals surface area contributed by atoms with Gasteiger partial charge in [0.15, 0.2) is 0 Å². The molecule has 0 radical (unpaired) electrons. The summed E-state index contributed by atoms with van der Waals surface area (Å²) < 4.78 is 19.5. The Morgan fingerprint density at radius 3 is 2.90 bits per heavy atom. The van der Waals surface area contributed by atoms with Gasteiger partial charge in [-0.25, -0.2) is 9.37 Å². The van der Waals surface area contributed by atoms with E-state index >= 15 is 0 Å². The van der Waals surface area contributed by atoms with Crippen molar-refractivity contribution in [2.75, 3.05) is 13.2 Å². The zero-order chi connectivity index (χ0) is 15.2. The van der Waals surface area contributed by atoms with Crippen molar-refractivity contribution in [3.05, 3.63) is 35.1 Å². The van der Waals surface area contributed by atoms with Crippen LogP contribution in [0.25, 0.3) is 10.6 Å². The molecule has 0 saturated heterocycles. The second-order valence-corrected chi connectivity index (χ2v) is 5.25. The summed E-state index contributed by atoms with van der Waals surface area (Å²) in [7, 11) is 0. The van der Waals surface area contributed by atoms with E-state index in [9.17, 15) is 9.18 Å². The first kappa shape index (κ1) is 15.4. The molecule has 1 aromatic heterocycles. The average Bonchev–Trinajstić information content (AvgIpc) is 2.95. The van der Waals surface area contributed by atoms with E-state index in [0.717, 1.165) is 6.42 Å². The molecule has 0 unspecified atom stereocenters. The van der Waals surface area contributed by atoms with Crippen LogP contribution in [-0.4, -0.2) is 24.0 Å². The van der Waals surface area contributed by atoms with Gasteiger partial charge in [0.2, 0.25) is 0 Å². The van der Waals surface area contributed by atoms with Gasteiger partial charge in [-0.1, -0.05) is 6.92 Å². The van der Waals surface area contributed by atoms with Gasteiger partial charge in [0.05, 0.1) is 6.61 Å². The molecule has 2 aromatic rings. The highest BCUT2D eigenvalue weighted by Gasteiger charge is 2.14. The highest BCUT2D eigenvalue weighted by Crippen LogP contribution is 2.29. The zero-order valence-corrected chi connectivity index (χ0v) is 12.8. The molecule has 1 amide bonds. The van der Waals surface area contributed by atoms with Crippen LogP contribution in [-0.2, 0) is 0 Å². The van der Waals surface area contributed by atoms with Gasteiger partial charge in [-0.2, -0.15) is 0 Å². The molecule has 21 heavy (non-hydrogen) atoms. The van der Waals surface area contributed by atoms with E-state index < -0.39 is 5.82 Å². The SMILES string of the molecule is CCCOc1ccc(-c2nc(C(=O)NCC)cs2)c(F)c1. The summed E-state index contributed by atoms with van der Waals surface area (Å²) in [5.41, 5.74) is 0.682. The summed E-state index contributed by atoms with van der Waals surface area (Å²) in [6.07, 6.45) is 0.867. The van der Waals surface area contributed by atoms with Crippen molar-refractivity contribution in [2.24, 2.45) is 0 Å². The molecule has 0 saturated carbocycles. The number of nitrogens with one attached hydrogen (secondary N) is 1. The average molecular weight is 308 g/mol. The molecular weight excluding hydrogens is 291 g/mol. The summed E-state index contributed by atoms with van der Waals surface area (Å²) in [5, 5.41) is 4.77. The van der Waals surface area contributed by atoms with E-state index in [-0.39, 0.29) is 5.91 Å². The van der Waals surface area contributed by atoms with Gasteiger partial charge in [0.25, 0.3) is 5.91 Å². The first-order valence-corrected chi connectivity index (χ1v) is 7.70. The van der Waals surface area contributed by atoms with Crippen molar-refractivity contribution in [1.29, 1.82) is 0 Å². The lowest BCUT2D eigenvalue weighted by Gasteiger charge is -2.06. The Morgan fingerprint density at radius 1 is 1.43 bits per heavy atom. The summed E-state index contributed by atoms with van der Waals surface area (Å²) in [4.78, 5) is 15.8. The third-order valence-corrected chi connectivity index (χ3v) is 3.59. The van der Waals surface area contributed by atoms with Gasteiger partial charge < -0.3 is 10.1 Å². The van der Waals surface area contributed by atoms with Crippen molar-refractivity contribution < 1.29 is 13.9 Å². The Bertz CT molecular complexity index is 628. The molecule has 4 nitrogen and oxygen atoms in total. The lowest BCUT2D eigenvalue weighted by molar-refractivity contribution is 0.0951. The maximum Gasteiger partial charge on any atom is 0.270 e. The van der Waals surface area contributed by atoms with E-state index in [0.29, 0.717) is 35.2 Å². The predicted molar refractivity (Wildman–Crippen MR) is 81.3 cm³/mol. The molecule has 112 valence electrons. The van der Waals surface area contributed by atoms with Crippen LogP contribution in [0.1, 0.15) is 30.8 Å². The smallest absolute Gasteiger partial charge is 0.270 e. The van der Waals surface area contributed by atoms with Crippen LogP contribution in [0.2, 0.25) is 0 Å². The number of halogens is 1. The zero-order valence-electron chi connectivity index (χ0n) is 12.0. The number of ether oxygens (including phenoxy) is 1. The summed E-state index contributed by atoms with van der Waals surface area (Å²) >= 11 is 1.24. The van der Waals surface area contributed by atoms with Crippen LogP contribution in [0.5, 0.6) is 5.75 Å². The fraction of sp³-hybridized carbons (Fsp3) is 0.333. The van der Waals surface area contributed by atoms with Gasteiger partial charge >= 0.3 is 0 Å². The first-order valence-electron chi connectivity index (χ1n) is 6.82. The van der Waals surface area contributed by atoms with Gasteiger partial charge in [-0.15, -0.1) is 11.3 Å². The minimum Gasteiger partial charge on any atom is -0.494 e. The van der Waals surface area contributed by atoms with Crippen molar-refractivity contribution in [3.63, 3.8) is 0 Å². The molecule has 0 aliphatic heterocycles. The Balaban J connectivity index is 2.20. The van der Waals surface area contributed by atoms with Crippen LogP contribution >= 0.6 is 11.3 Å². The molecule has 2 rings (SSSR count). The topological polar surface area (TPSA) is 51.2 Å². The van der Waals surface area contributed by atoms with E-state index in [4.69, 9.17) is 4.74 Å². The predicted octanol–water partition coefficient (Wildman–Crippen LogP) is 3.49. The number of hydrogen-bond acceptors (Lipinski definition) is 4. The van der Waals surface area contributed by atoms with Crippen molar-refractivity contribution in [1.82, 2.24) is 10.3 Å². The standard InChI is InChI=1S/C15H17FN2O2S/c1-3-7-20-10-5-6-11(12(16)8-10)15-18-13(9-21-15)14(19)17-4-2/h5-6,8-9H,3-4,7H2,1-2H3,(H,17,19). The number of aromatic nitrogens is 1. The Labute approximate surface area is 127 Å². The maximum atomic E-state index is 14.1. The quantitative estimate of drug-likeness (QED) is 0.888. The first-order chi connectivity index (χ1) is 10.2.